The molecule has 1 amide bonds. The summed E-state index contributed by atoms with van der Waals surface area (Å²) < 4.78 is 16.9. The summed E-state index contributed by atoms with van der Waals surface area (Å²) in [5.74, 6) is 1.41. The van der Waals surface area contributed by atoms with Crippen LogP contribution in [0.25, 0.3) is 0 Å². The van der Waals surface area contributed by atoms with Crippen molar-refractivity contribution in [3.63, 3.8) is 0 Å². The van der Waals surface area contributed by atoms with Gasteiger partial charge in [0.25, 0.3) is 0 Å². The zero-order chi connectivity index (χ0) is 19.8. The fourth-order valence-corrected chi connectivity index (χ4v) is 2.94. The predicted octanol–water partition coefficient (Wildman–Crippen LogP) is 4.08. The number of anilines is 2. The lowest BCUT2D eigenvalue weighted by atomic mass is 10.2. The summed E-state index contributed by atoms with van der Waals surface area (Å²) in [4.78, 5) is 12.2. The van der Waals surface area contributed by atoms with Crippen LogP contribution in [0.4, 0.5) is 11.4 Å². The Morgan fingerprint density at radius 2 is 1.96 bits per heavy atom. The highest BCUT2D eigenvalue weighted by Crippen LogP contribution is 2.20. The average molecular weight is 384 g/mol. The van der Waals surface area contributed by atoms with Crippen LogP contribution in [0.2, 0.25) is 0 Å². The van der Waals surface area contributed by atoms with Gasteiger partial charge in [0, 0.05) is 24.0 Å². The third kappa shape index (κ3) is 6.46. The van der Waals surface area contributed by atoms with E-state index in [-0.39, 0.29) is 24.7 Å². The SMILES string of the molecule is CC(C)Oc1ccc(NCC(=O)Nc2cccc(OCC3CCCO3)c2)cc1. The van der Waals surface area contributed by atoms with Gasteiger partial charge in [-0.3, -0.25) is 4.79 Å². The van der Waals surface area contributed by atoms with Crippen LogP contribution >= 0.6 is 0 Å². The monoisotopic (exact) mass is 384 g/mol. The van der Waals surface area contributed by atoms with Crippen molar-refractivity contribution in [2.24, 2.45) is 0 Å². The molecule has 6 heteroatoms. The quantitative estimate of drug-likeness (QED) is 0.682. The fraction of sp³-hybridized carbons (Fsp3) is 0.409. The molecule has 28 heavy (non-hydrogen) atoms. The lowest BCUT2D eigenvalue weighted by Gasteiger charge is -2.13. The third-order valence-corrected chi connectivity index (χ3v) is 4.26. The summed E-state index contributed by atoms with van der Waals surface area (Å²) >= 11 is 0. The van der Waals surface area contributed by atoms with Crippen LogP contribution in [0.3, 0.4) is 0 Å². The second kappa shape index (κ2) is 9.99. The van der Waals surface area contributed by atoms with Crippen LogP contribution in [-0.4, -0.2) is 37.9 Å². The van der Waals surface area contributed by atoms with Gasteiger partial charge in [0.1, 0.15) is 18.1 Å². The lowest BCUT2D eigenvalue weighted by Crippen LogP contribution is -2.21. The van der Waals surface area contributed by atoms with E-state index in [1.54, 1.807) is 0 Å². The number of amides is 1. The minimum absolute atomic E-state index is 0.126. The Bertz CT molecular complexity index is 755. The van der Waals surface area contributed by atoms with Crippen LogP contribution in [0.5, 0.6) is 11.5 Å². The maximum Gasteiger partial charge on any atom is 0.243 e. The minimum Gasteiger partial charge on any atom is -0.491 e. The number of carbonyl (C=O) groups is 1. The maximum atomic E-state index is 12.2. The van der Waals surface area contributed by atoms with E-state index in [9.17, 15) is 4.79 Å². The molecule has 0 aliphatic carbocycles. The molecule has 150 valence electrons. The summed E-state index contributed by atoms with van der Waals surface area (Å²) in [5, 5.41) is 5.99. The zero-order valence-electron chi connectivity index (χ0n) is 16.4. The Hall–Kier alpha value is -2.73. The van der Waals surface area contributed by atoms with Gasteiger partial charge in [-0.25, -0.2) is 0 Å². The van der Waals surface area contributed by atoms with Crippen molar-refractivity contribution in [1.29, 1.82) is 0 Å². The molecule has 0 bridgehead atoms. The van der Waals surface area contributed by atoms with E-state index in [1.807, 2.05) is 62.4 Å². The second-order valence-corrected chi connectivity index (χ2v) is 7.07. The molecule has 2 N–H and O–H groups in total. The van der Waals surface area contributed by atoms with E-state index in [2.05, 4.69) is 10.6 Å². The molecule has 1 atom stereocenters. The van der Waals surface area contributed by atoms with Crippen molar-refractivity contribution in [1.82, 2.24) is 0 Å². The molecule has 1 fully saturated rings. The van der Waals surface area contributed by atoms with Gasteiger partial charge in [0.15, 0.2) is 0 Å². The van der Waals surface area contributed by atoms with E-state index in [0.29, 0.717) is 12.3 Å². The molecule has 1 unspecified atom stereocenters. The standard InChI is InChI=1S/C22H28N2O4/c1-16(2)28-19-10-8-17(9-11-19)23-14-22(25)24-18-5-3-6-20(13-18)27-15-21-7-4-12-26-21/h3,5-6,8-11,13,16,21,23H,4,7,12,14-15H2,1-2H3,(H,24,25). The molecular weight excluding hydrogens is 356 g/mol. The first-order valence-corrected chi connectivity index (χ1v) is 9.73. The molecule has 1 saturated heterocycles. The van der Waals surface area contributed by atoms with Gasteiger partial charge in [0.05, 0.1) is 18.8 Å². The molecule has 1 aliphatic rings. The highest BCUT2D eigenvalue weighted by molar-refractivity contribution is 5.93. The lowest BCUT2D eigenvalue weighted by molar-refractivity contribution is -0.114. The number of hydrogen-bond donors (Lipinski definition) is 2. The Labute approximate surface area is 166 Å². The minimum atomic E-state index is -0.126. The molecule has 2 aromatic rings. The van der Waals surface area contributed by atoms with Crippen LogP contribution in [0.15, 0.2) is 48.5 Å². The van der Waals surface area contributed by atoms with Gasteiger partial charge in [0.2, 0.25) is 5.91 Å². The first-order chi connectivity index (χ1) is 13.6. The van der Waals surface area contributed by atoms with Gasteiger partial charge in [-0.05, 0) is 63.1 Å². The summed E-state index contributed by atoms with van der Waals surface area (Å²) in [6.45, 7) is 5.49. The van der Waals surface area contributed by atoms with Crippen molar-refractivity contribution in [2.75, 3.05) is 30.4 Å². The number of nitrogens with one attached hydrogen (secondary N) is 2. The third-order valence-electron chi connectivity index (χ3n) is 4.26. The highest BCUT2D eigenvalue weighted by Gasteiger charge is 2.16. The average Bonchev–Trinajstić information content (AvgIpc) is 3.19. The largest absolute Gasteiger partial charge is 0.491 e. The number of rotatable bonds is 9. The number of carbonyl (C=O) groups excluding carboxylic acids is 1. The van der Waals surface area contributed by atoms with Gasteiger partial charge in [-0.2, -0.15) is 0 Å². The Kier molecular flexibility index (Phi) is 7.14. The van der Waals surface area contributed by atoms with Crippen LogP contribution in [0.1, 0.15) is 26.7 Å². The molecule has 0 spiro atoms. The summed E-state index contributed by atoms with van der Waals surface area (Å²) in [7, 11) is 0. The molecule has 2 aromatic carbocycles. The van der Waals surface area contributed by atoms with Crippen LogP contribution in [-0.2, 0) is 9.53 Å². The van der Waals surface area contributed by atoms with E-state index < -0.39 is 0 Å². The summed E-state index contributed by atoms with van der Waals surface area (Å²) in [6, 6.07) is 15.0. The normalized spacial score (nSPS) is 16.0. The zero-order valence-corrected chi connectivity index (χ0v) is 16.4. The molecule has 0 saturated carbocycles. The first-order valence-electron chi connectivity index (χ1n) is 9.73. The molecule has 3 rings (SSSR count). The maximum absolute atomic E-state index is 12.2. The Morgan fingerprint density at radius 1 is 1.14 bits per heavy atom. The number of benzene rings is 2. The van der Waals surface area contributed by atoms with Gasteiger partial charge in [-0.1, -0.05) is 6.07 Å². The number of hydrogen-bond acceptors (Lipinski definition) is 5. The van der Waals surface area contributed by atoms with Crippen molar-refractivity contribution in [3.8, 4) is 11.5 Å². The summed E-state index contributed by atoms with van der Waals surface area (Å²) in [6.07, 6.45) is 2.42. The van der Waals surface area contributed by atoms with Crippen molar-refractivity contribution in [2.45, 2.75) is 38.9 Å². The Balaban J connectivity index is 1.44. The fourth-order valence-electron chi connectivity index (χ4n) is 2.94. The van der Waals surface area contributed by atoms with Gasteiger partial charge in [-0.15, -0.1) is 0 Å². The highest BCUT2D eigenvalue weighted by atomic mass is 16.5. The van der Waals surface area contributed by atoms with E-state index in [1.165, 1.54) is 0 Å². The topological polar surface area (TPSA) is 68.8 Å². The molecular formula is C22H28N2O4. The van der Waals surface area contributed by atoms with Crippen LogP contribution < -0.4 is 20.1 Å². The smallest absolute Gasteiger partial charge is 0.243 e. The van der Waals surface area contributed by atoms with E-state index >= 15 is 0 Å². The second-order valence-electron chi connectivity index (χ2n) is 7.07. The number of ether oxygens (including phenoxy) is 3. The van der Waals surface area contributed by atoms with Gasteiger partial charge < -0.3 is 24.8 Å². The van der Waals surface area contributed by atoms with E-state index in [0.717, 1.165) is 36.6 Å². The molecule has 6 nitrogen and oxygen atoms in total. The van der Waals surface area contributed by atoms with Crippen molar-refractivity contribution in [3.05, 3.63) is 48.5 Å². The Morgan fingerprint density at radius 3 is 2.68 bits per heavy atom. The molecule has 0 radical (unpaired) electrons. The predicted molar refractivity (Wildman–Crippen MR) is 110 cm³/mol. The first kappa shape index (κ1) is 20.0. The van der Waals surface area contributed by atoms with E-state index in [4.69, 9.17) is 14.2 Å². The van der Waals surface area contributed by atoms with Crippen molar-refractivity contribution < 1.29 is 19.0 Å². The molecule has 1 heterocycles. The summed E-state index contributed by atoms with van der Waals surface area (Å²) in [5.41, 5.74) is 1.57. The molecule has 0 aromatic heterocycles. The molecule has 1 aliphatic heterocycles. The van der Waals surface area contributed by atoms with Crippen LogP contribution in [0, 0.1) is 0 Å². The van der Waals surface area contributed by atoms with Crippen molar-refractivity contribution >= 4 is 17.3 Å². The van der Waals surface area contributed by atoms with Gasteiger partial charge >= 0.3 is 0 Å².